The van der Waals surface area contributed by atoms with Gasteiger partial charge < -0.3 is 0 Å². The fourth-order valence-electron chi connectivity index (χ4n) is 0.468. The predicted molar refractivity (Wildman–Crippen MR) is 47.7 cm³/mol. The van der Waals surface area contributed by atoms with Crippen LogP contribution in [0.2, 0.25) is 0 Å². The van der Waals surface area contributed by atoms with E-state index in [0.29, 0.717) is 6.42 Å². The normalized spacial score (nSPS) is 9.20. The van der Waals surface area contributed by atoms with Gasteiger partial charge in [0.05, 0.1) is 0 Å². The molecule has 0 aliphatic heterocycles. The first kappa shape index (κ1) is 10.1. The highest BCUT2D eigenvalue weighted by Crippen LogP contribution is 2.06. The number of halogens is 2. The fourth-order valence-corrected chi connectivity index (χ4v) is 0.646. The smallest absolute Gasteiger partial charge is 0.111 e. The minimum atomic E-state index is -0.289. The fraction of sp³-hybridized carbons (Fsp3) is 0.625. The number of rotatable bonds is 4. The molecule has 0 bridgehead atoms. The van der Waals surface area contributed by atoms with E-state index in [1.807, 2.05) is 12.2 Å². The van der Waals surface area contributed by atoms with Crippen molar-refractivity contribution in [2.75, 3.05) is 0 Å². The predicted octanol–water partition coefficient (Wildman–Crippen LogP) is 3.69. The van der Waals surface area contributed by atoms with Crippen LogP contribution in [-0.4, -0.2) is 4.84 Å². The van der Waals surface area contributed by atoms with Gasteiger partial charge in [-0.1, -0.05) is 13.3 Å². The number of hydrogen-bond acceptors (Lipinski definition) is 0. The third kappa shape index (κ3) is 8.10. The van der Waals surface area contributed by atoms with Crippen molar-refractivity contribution in [3.05, 3.63) is 17.9 Å². The van der Waals surface area contributed by atoms with Gasteiger partial charge in [-0.05, 0) is 18.6 Å². The van der Waals surface area contributed by atoms with Gasteiger partial charge in [0.1, 0.15) is 4.84 Å². The second-order valence-corrected chi connectivity index (χ2v) is 3.27. The largest absolute Gasteiger partial charge is 0.129 e. The standard InChI is InChI=1S/C8H12Cl2/c1-2-3-4-5-6-7-8(9)10/h4,6,8H,2-3,7H2,1H3. The molecule has 0 saturated heterocycles. The molecule has 2 heteroatoms. The highest BCUT2D eigenvalue weighted by molar-refractivity contribution is 6.44. The van der Waals surface area contributed by atoms with Crippen LogP contribution in [0.25, 0.3) is 0 Å². The van der Waals surface area contributed by atoms with Crippen LogP contribution in [0.5, 0.6) is 0 Å². The molecular formula is C8H12Cl2. The molecule has 0 nitrogen and oxygen atoms in total. The van der Waals surface area contributed by atoms with Crippen LogP contribution < -0.4 is 0 Å². The van der Waals surface area contributed by atoms with E-state index in [2.05, 4.69) is 12.7 Å². The number of alkyl halides is 2. The third-order valence-electron chi connectivity index (χ3n) is 0.965. The third-order valence-corrected chi connectivity index (χ3v) is 1.32. The maximum atomic E-state index is 5.47. The highest BCUT2D eigenvalue weighted by Gasteiger charge is 1.90. The Morgan fingerprint density at radius 3 is 2.60 bits per heavy atom. The minimum Gasteiger partial charge on any atom is -0.129 e. The van der Waals surface area contributed by atoms with Gasteiger partial charge >= 0.3 is 0 Å². The molecule has 0 amide bonds. The van der Waals surface area contributed by atoms with Crippen LogP contribution in [0.4, 0.5) is 0 Å². The molecule has 0 aromatic heterocycles. The van der Waals surface area contributed by atoms with Crippen molar-refractivity contribution in [2.24, 2.45) is 0 Å². The number of hydrogen-bond donors (Lipinski definition) is 0. The van der Waals surface area contributed by atoms with Crippen molar-refractivity contribution in [1.29, 1.82) is 0 Å². The minimum absolute atomic E-state index is 0.289. The van der Waals surface area contributed by atoms with E-state index >= 15 is 0 Å². The van der Waals surface area contributed by atoms with Crippen LogP contribution in [0.3, 0.4) is 0 Å². The van der Waals surface area contributed by atoms with Gasteiger partial charge in [-0.2, -0.15) is 0 Å². The molecule has 0 rings (SSSR count). The molecule has 0 atom stereocenters. The number of unbranched alkanes of at least 4 members (excludes halogenated alkanes) is 1. The summed E-state index contributed by atoms with van der Waals surface area (Å²) in [4.78, 5) is -0.289. The molecular weight excluding hydrogens is 167 g/mol. The zero-order valence-corrected chi connectivity index (χ0v) is 7.62. The molecule has 0 N–H and O–H groups in total. The molecule has 0 saturated carbocycles. The summed E-state index contributed by atoms with van der Waals surface area (Å²) in [5, 5.41) is 0. The Balaban J connectivity index is 3.34. The first-order valence-corrected chi connectivity index (χ1v) is 4.32. The zero-order valence-electron chi connectivity index (χ0n) is 6.11. The molecule has 0 aliphatic rings. The maximum absolute atomic E-state index is 5.47. The van der Waals surface area contributed by atoms with Crippen molar-refractivity contribution in [1.82, 2.24) is 0 Å². The average molecular weight is 179 g/mol. The van der Waals surface area contributed by atoms with Crippen molar-refractivity contribution < 1.29 is 0 Å². The molecule has 10 heavy (non-hydrogen) atoms. The van der Waals surface area contributed by atoms with Gasteiger partial charge in [-0.25, -0.2) is 0 Å². The van der Waals surface area contributed by atoms with E-state index in [0.717, 1.165) is 12.8 Å². The Kier molecular flexibility index (Phi) is 7.28. The second-order valence-electron chi connectivity index (χ2n) is 1.99. The lowest BCUT2D eigenvalue weighted by Crippen LogP contribution is -1.78. The monoisotopic (exact) mass is 178 g/mol. The van der Waals surface area contributed by atoms with Crippen molar-refractivity contribution >= 4 is 23.2 Å². The molecule has 0 aromatic rings. The molecule has 0 fully saturated rings. The van der Waals surface area contributed by atoms with Gasteiger partial charge in [0, 0.05) is 6.42 Å². The lowest BCUT2D eigenvalue weighted by atomic mass is 10.3. The van der Waals surface area contributed by atoms with E-state index in [4.69, 9.17) is 23.2 Å². The summed E-state index contributed by atoms with van der Waals surface area (Å²) in [6.07, 6.45) is 6.78. The van der Waals surface area contributed by atoms with Gasteiger partial charge in [-0.15, -0.1) is 28.9 Å². The first-order chi connectivity index (χ1) is 4.77. The van der Waals surface area contributed by atoms with Crippen molar-refractivity contribution in [3.63, 3.8) is 0 Å². The summed E-state index contributed by atoms with van der Waals surface area (Å²) in [6, 6.07) is 0. The van der Waals surface area contributed by atoms with Crippen LogP contribution in [-0.2, 0) is 0 Å². The Hall–Kier alpha value is 0.100. The molecule has 0 radical (unpaired) electrons. The summed E-state index contributed by atoms with van der Waals surface area (Å²) in [6.45, 7) is 2.13. The molecule has 0 aromatic carbocycles. The summed E-state index contributed by atoms with van der Waals surface area (Å²) in [5.41, 5.74) is 3.00. The average Bonchev–Trinajstić information content (AvgIpc) is 1.87. The Morgan fingerprint density at radius 2 is 2.10 bits per heavy atom. The topological polar surface area (TPSA) is 0 Å². The van der Waals surface area contributed by atoms with Gasteiger partial charge in [-0.3, -0.25) is 0 Å². The Morgan fingerprint density at radius 1 is 1.40 bits per heavy atom. The van der Waals surface area contributed by atoms with E-state index in [1.54, 1.807) is 0 Å². The highest BCUT2D eigenvalue weighted by atomic mass is 35.5. The van der Waals surface area contributed by atoms with Crippen LogP contribution in [0.15, 0.2) is 17.9 Å². The van der Waals surface area contributed by atoms with Gasteiger partial charge in [0.25, 0.3) is 0 Å². The van der Waals surface area contributed by atoms with E-state index in [9.17, 15) is 0 Å². The van der Waals surface area contributed by atoms with Crippen LogP contribution in [0, 0.1) is 0 Å². The van der Waals surface area contributed by atoms with Crippen molar-refractivity contribution in [2.45, 2.75) is 31.0 Å². The Bertz CT molecular complexity index is 121. The molecule has 0 spiro atoms. The summed E-state index contributed by atoms with van der Waals surface area (Å²) in [7, 11) is 0. The lowest BCUT2D eigenvalue weighted by molar-refractivity contribution is 0.959. The summed E-state index contributed by atoms with van der Waals surface area (Å²) < 4.78 is 0. The van der Waals surface area contributed by atoms with E-state index in [1.165, 1.54) is 0 Å². The zero-order chi connectivity index (χ0) is 7.82. The van der Waals surface area contributed by atoms with Crippen LogP contribution in [0.1, 0.15) is 26.2 Å². The first-order valence-electron chi connectivity index (χ1n) is 3.45. The number of allylic oxidation sites excluding steroid dienone is 1. The SMILES string of the molecule is CCCC=C=CCC(Cl)Cl. The molecule has 0 heterocycles. The lowest BCUT2D eigenvalue weighted by Gasteiger charge is -1.87. The summed E-state index contributed by atoms with van der Waals surface area (Å²) >= 11 is 10.9. The van der Waals surface area contributed by atoms with E-state index in [-0.39, 0.29) is 4.84 Å². The second kappa shape index (κ2) is 7.21. The molecule has 0 unspecified atom stereocenters. The Labute approximate surface area is 72.5 Å². The molecule has 58 valence electrons. The quantitative estimate of drug-likeness (QED) is 0.456. The van der Waals surface area contributed by atoms with Crippen molar-refractivity contribution in [3.8, 4) is 0 Å². The van der Waals surface area contributed by atoms with Gasteiger partial charge in [0.2, 0.25) is 0 Å². The molecule has 0 aliphatic carbocycles. The van der Waals surface area contributed by atoms with Gasteiger partial charge in [0.15, 0.2) is 0 Å². The van der Waals surface area contributed by atoms with Crippen LogP contribution >= 0.6 is 23.2 Å². The maximum Gasteiger partial charge on any atom is 0.111 e. The summed E-state index contributed by atoms with van der Waals surface area (Å²) in [5.74, 6) is 0. The van der Waals surface area contributed by atoms with E-state index < -0.39 is 0 Å².